The van der Waals surface area contributed by atoms with Crippen LogP contribution in [0.15, 0.2) is 54.7 Å². The first-order valence-electron chi connectivity index (χ1n) is 10.3. The van der Waals surface area contributed by atoms with E-state index in [4.69, 9.17) is 19.3 Å². The van der Waals surface area contributed by atoms with E-state index in [9.17, 15) is 0 Å². The fourth-order valence-electron chi connectivity index (χ4n) is 4.26. The molecule has 154 valence electrons. The number of ether oxygens (including phenoxy) is 3. The topological polar surface area (TPSA) is 49.9 Å². The van der Waals surface area contributed by atoms with E-state index in [0.717, 1.165) is 54.4 Å². The van der Waals surface area contributed by atoms with E-state index in [-0.39, 0.29) is 0 Å². The SMILES string of the molecule is COc1ccc(-c2cn3nc(COc4ccccc4)n4c3c2CCCC4)cc1OC. The number of aromatic nitrogens is 3. The number of nitrogens with zero attached hydrogens (tertiary/aromatic N) is 3. The molecule has 0 saturated heterocycles. The van der Waals surface area contributed by atoms with Crippen LogP contribution in [0.25, 0.3) is 16.8 Å². The lowest BCUT2D eigenvalue weighted by molar-refractivity contribution is 0.288. The lowest BCUT2D eigenvalue weighted by atomic mass is 10.0. The van der Waals surface area contributed by atoms with Crippen molar-refractivity contribution in [1.29, 1.82) is 0 Å². The molecule has 0 N–H and O–H groups in total. The highest BCUT2D eigenvalue weighted by molar-refractivity contribution is 5.77. The van der Waals surface area contributed by atoms with Crippen LogP contribution in [0.2, 0.25) is 0 Å². The van der Waals surface area contributed by atoms with Crippen molar-refractivity contribution in [3.63, 3.8) is 0 Å². The van der Waals surface area contributed by atoms with Crippen LogP contribution in [-0.4, -0.2) is 28.4 Å². The van der Waals surface area contributed by atoms with Crippen LogP contribution in [0.3, 0.4) is 0 Å². The van der Waals surface area contributed by atoms with Crippen molar-refractivity contribution in [2.45, 2.75) is 32.4 Å². The average Bonchev–Trinajstić information content (AvgIpc) is 3.21. The number of aryl methyl sites for hydroxylation is 2. The van der Waals surface area contributed by atoms with Gasteiger partial charge >= 0.3 is 0 Å². The second-order valence-electron chi connectivity index (χ2n) is 7.49. The summed E-state index contributed by atoms with van der Waals surface area (Å²) in [7, 11) is 3.32. The molecule has 1 aliphatic heterocycles. The second-order valence-corrected chi connectivity index (χ2v) is 7.49. The molecule has 0 unspecified atom stereocenters. The van der Waals surface area contributed by atoms with Crippen molar-refractivity contribution in [3.05, 3.63) is 66.1 Å². The minimum absolute atomic E-state index is 0.455. The van der Waals surface area contributed by atoms with Gasteiger partial charge in [-0.25, -0.2) is 4.52 Å². The van der Waals surface area contributed by atoms with Gasteiger partial charge in [0.15, 0.2) is 17.3 Å². The molecule has 2 aromatic carbocycles. The number of methoxy groups -OCH3 is 2. The van der Waals surface area contributed by atoms with Gasteiger partial charge in [-0.05, 0) is 49.1 Å². The summed E-state index contributed by atoms with van der Waals surface area (Å²) in [5.74, 6) is 3.28. The van der Waals surface area contributed by atoms with Gasteiger partial charge in [-0.2, -0.15) is 0 Å². The number of hydrogen-bond donors (Lipinski definition) is 0. The second kappa shape index (κ2) is 7.78. The van der Waals surface area contributed by atoms with Crippen LogP contribution >= 0.6 is 0 Å². The van der Waals surface area contributed by atoms with E-state index < -0.39 is 0 Å². The van der Waals surface area contributed by atoms with E-state index in [1.54, 1.807) is 14.2 Å². The summed E-state index contributed by atoms with van der Waals surface area (Å²) in [6, 6.07) is 16.0. The Labute approximate surface area is 175 Å². The molecular formula is C24H25N3O3. The smallest absolute Gasteiger partial charge is 0.169 e. The zero-order valence-corrected chi connectivity index (χ0v) is 17.3. The molecule has 6 heteroatoms. The van der Waals surface area contributed by atoms with Crippen molar-refractivity contribution in [3.8, 4) is 28.4 Å². The molecular weight excluding hydrogens is 378 g/mol. The van der Waals surface area contributed by atoms with Gasteiger partial charge in [0.2, 0.25) is 0 Å². The van der Waals surface area contributed by atoms with Gasteiger partial charge in [0.1, 0.15) is 18.0 Å². The summed E-state index contributed by atoms with van der Waals surface area (Å²) in [6.07, 6.45) is 5.44. The summed E-state index contributed by atoms with van der Waals surface area (Å²) in [6.45, 7) is 1.41. The molecule has 0 aliphatic carbocycles. The van der Waals surface area contributed by atoms with Crippen LogP contribution < -0.4 is 14.2 Å². The molecule has 0 spiro atoms. The summed E-state index contributed by atoms with van der Waals surface area (Å²) >= 11 is 0. The maximum atomic E-state index is 5.98. The highest BCUT2D eigenvalue weighted by Gasteiger charge is 2.23. The van der Waals surface area contributed by atoms with Crippen molar-refractivity contribution in [1.82, 2.24) is 14.2 Å². The first-order chi connectivity index (χ1) is 14.8. The van der Waals surface area contributed by atoms with Crippen molar-refractivity contribution >= 4 is 5.65 Å². The van der Waals surface area contributed by atoms with Crippen LogP contribution in [0, 0.1) is 0 Å². The minimum atomic E-state index is 0.455. The Bertz CT molecular complexity index is 1180. The molecule has 0 bridgehead atoms. The molecule has 0 saturated carbocycles. The number of para-hydroxylation sites is 1. The third-order valence-corrected chi connectivity index (χ3v) is 5.72. The lowest BCUT2D eigenvalue weighted by Crippen LogP contribution is -2.07. The predicted octanol–water partition coefficient (Wildman–Crippen LogP) is 4.74. The average molecular weight is 403 g/mol. The third-order valence-electron chi connectivity index (χ3n) is 5.72. The Morgan fingerprint density at radius 3 is 2.60 bits per heavy atom. The predicted molar refractivity (Wildman–Crippen MR) is 115 cm³/mol. The molecule has 2 aromatic heterocycles. The van der Waals surface area contributed by atoms with Gasteiger partial charge in [0, 0.05) is 23.9 Å². The van der Waals surface area contributed by atoms with Gasteiger partial charge < -0.3 is 18.8 Å². The van der Waals surface area contributed by atoms with E-state index in [1.807, 2.05) is 47.0 Å². The van der Waals surface area contributed by atoms with E-state index in [2.05, 4.69) is 16.8 Å². The molecule has 0 atom stereocenters. The highest BCUT2D eigenvalue weighted by Crippen LogP contribution is 2.37. The molecule has 1 aliphatic rings. The fraction of sp³-hybridized carbons (Fsp3) is 0.292. The fourth-order valence-corrected chi connectivity index (χ4v) is 4.26. The van der Waals surface area contributed by atoms with Crippen LogP contribution in [0.5, 0.6) is 17.2 Å². The Kier molecular flexibility index (Phi) is 4.83. The normalized spacial score (nSPS) is 13.3. The molecule has 30 heavy (non-hydrogen) atoms. The van der Waals surface area contributed by atoms with Gasteiger partial charge in [0.05, 0.1) is 14.2 Å². The largest absolute Gasteiger partial charge is 0.493 e. The van der Waals surface area contributed by atoms with Crippen LogP contribution in [0.4, 0.5) is 0 Å². The zero-order chi connectivity index (χ0) is 20.5. The van der Waals surface area contributed by atoms with Crippen molar-refractivity contribution in [2.75, 3.05) is 14.2 Å². The van der Waals surface area contributed by atoms with Crippen LogP contribution in [-0.2, 0) is 19.6 Å². The summed E-state index contributed by atoms with van der Waals surface area (Å²) < 4.78 is 21.2. The Balaban J connectivity index is 1.54. The van der Waals surface area contributed by atoms with Crippen LogP contribution in [0.1, 0.15) is 24.2 Å². The maximum Gasteiger partial charge on any atom is 0.169 e. The van der Waals surface area contributed by atoms with Gasteiger partial charge in [0.25, 0.3) is 0 Å². The van der Waals surface area contributed by atoms with Gasteiger partial charge in [-0.3, -0.25) is 0 Å². The van der Waals surface area contributed by atoms with Gasteiger partial charge in [-0.15, -0.1) is 5.10 Å². The first-order valence-corrected chi connectivity index (χ1v) is 10.3. The molecule has 3 heterocycles. The molecule has 0 fully saturated rings. The molecule has 6 nitrogen and oxygen atoms in total. The lowest BCUT2D eigenvalue weighted by Gasteiger charge is -2.10. The number of benzene rings is 2. The third kappa shape index (κ3) is 3.18. The molecule has 5 rings (SSSR count). The number of rotatable bonds is 6. The van der Waals surface area contributed by atoms with E-state index in [1.165, 1.54) is 16.8 Å². The summed E-state index contributed by atoms with van der Waals surface area (Å²) in [5.41, 5.74) is 4.82. The quantitative estimate of drug-likeness (QED) is 0.467. The Hall–Kier alpha value is -3.41. The minimum Gasteiger partial charge on any atom is -0.493 e. The van der Waals surface area contributed by atoms with Crippen molar-refractivity contribution in [2.24, 2.45) is 0 Å². The standard InChI is InChI=1S/C24H25N3O3/c1-28-21-12-11-17(14-22(21)29-2)20-15-27-24-19(20)10-6-7-13-26(24)23(25-27)16-30-18-8-4-3-5-9-18/h3-5,8-9,11-12,14-15H,6-7,10,13,16H2,1-2H3. The van der Waals surface area contributed by atoms with E-state index >= 15 is 0 Å². The monoisotopic (exact) mass is 403 g/mol. The summed E-state index contributed by atoms with van der Waals surface area (Å²) in [4.78, 5) is 0. The number of hydrogen-bond acceptors (Lipinski definition) is 4. The Morgan fingerprint density at radius 1 is 0.967 bits per heavy atom. The van der Waals surface area contributed by atoms with E-state index in [0.29, 0.717) is 6.61 Å². The first kappa shape index (κ1) is 18.6. The Morgan fingerprint density at radius 2 is 1.80 bits per heavy atom. The summed E-state index contributed by atoms with van der Waals surface area (Å²) in [5, 5.41) is 4.86. The highest BCUT2D eigenvalue weighted by atomic mass is 16.5. The zero-order valence-electron chi connectivity index (χ0n) is 17.3. The maximum absolute atomic E-state index is 5.98. The van der Waals surface area contributed by atoms with Crippen molar-refractivity contribution < 1.29 is 14.2 Å². The molecule has 4 aromatic rings. The molecule has 0 radical (unpaired) electrons. The van der Waals surface area contributed by atoms with Gasteiger partial charge in [-0.1, -0.05) is 24.3 Å². The molecule has 0 amide bonds.